The molecule has 74 valence electrons. The fourth-order valence-corrected chi connectivity index (χ4v) is 0.766. The Hall–Kier alpha value is -1.91. The number of aliphatic carboxylic acids is 1. The third kappa shape index (κ3) is 3.22. The largest absolute Gasteiger partial charge is 0.479 e. The van der Waals surface area contributed by atoms with Gasteiger partial charge in [0.15, 0.2) is 0 Å². The topological polar surface area (TPSA) is 58.9 Å². The van der Waals surface area contributed by atoms with Gasteiger partial charge in [-0.1, -0.05) is 23.4 Å². The molecule has 5 heteroatoms. The Balaban J connectivity index is 2.52. The summed E-state index contributed by atoms with van der Waals surface area (Å²) in [6.45, 7) is -0.537. The van der Waals surface area contributed by atoms with Crippen LogP contribution in [0, 0.1) is 5.82 Å². The molecule has 0 radical (unpaired) electrons. The third-order valence-electron chi connectivity index (χ3n) is 1.36. The molecule has 0 amide bonds. The zero-order valence-corrected chi connectivity index (χ0v) is 7.18. The Labute approximate surface area is 79.6 Å². The molecule has 4 nitrogen and oxygen atoms in total. The Kier molecular flexibility index (Phi) is 3.60. The summed E-state index contributed by atoms with van der Waals surface area (Å²) < 4.78 is 12.9. The summed E-state index contributed by atoms with van der Waals surface area (Å²) in [6.07, 6.45) is 1.12. The summed E-state index contributed by atoms with van der Waals surface area (Å²) in [7, 11) is 0. The van der Waals surface area contributed by atoms with Gasteiger partial charge in [0.2, 0.25) is 6.61 Å². The molecule has 0 fully saturated rings. The SMILES string of the molecule is O=C(O)CO/N=C/c1ccccc1F. The van der Waals surface area contributed by atoms with Crippen LogP contribution in [0.3, 0.4) is 0 Å². The molecule has 1 rings (SSSR count). The van der Waals surface area contributed by atoms with Gasteiger partial charge in [-0.2, -0.15) is 0 Å². The van der Waals surface area contributed by atoms with Crippen LogP contribution in [0.5, 0.6) is 0 Å². The summed E-state index contributed by atoms with van der Waals surface area (Å²) in [4.78, 5) is 14.4. The van der Waals surface area contributed by atoms with Crippen LogP contribution in [-0.2, 0) is 9.63 Å². The maximum absolute atomic E-state index is 12.9. The minimum atomic E-state index is -1.13. The van der Waals surface area contributed by atoms with Crippen LogP contribution in [0.15, 0.2) is 29.4 Å². The Morgan fingerprint density at radius 1 is 1.57 bits per heavy atom. The van der Waals surface area contributed by atoms with Crippen LogP contribution in [0.1, 0.15) is 5.56 Å². The first kappa shape index (κ1) is 10.2. The van der Waals surface area contributed by atoms with Gasteiger partial charge < -0.3 is 9.94 Å². The van der Waals surface area contributed by atoms with E-state index in [1.165, 1.54) is 12.1 Å². The smallest absolute Gasteiger partial charge is 0.344 e. The number of carboxylic acids is 1. The monoisotopic (exact) mass is 197 g/mol. The van der Waals surface area contributed by atoms with E-state index in [1.54, 1.807) is 12.1 Å². The van der Waals surface area contributed by atoms with E-state index in [1.807, 2.05) is 0 Å². The standard InChI is InChI=1S/C9H8FNO3/c10-8-4-2-1-3-7(8)5-11-14-6-9(12)13/h1-5H,6H2,(H,12,13)/b11-5+. The summed E-state index contributed by atoms with van der Waals surface area (Å²) >= 11 is 0. The maximum atomic E-state index is 12.9. The second-order valence-corrected chi connectivity index (χ2v) is 2.42. The lowest BCUT2D eigenvalue weighted by Gasteiger charge is -1.94. The van der Waals surface area contributed by atoms with Crippen LogP contribution < -0.4 is 0 Å². The molecule has 1 aromatic carbocycles. The molecule has 0 saturated carbocycles. The van der Waals surface area contributed by atoms with Crippen molar-refractivity contribution in [2.75, 3.05) is 6.61 Å². The molecule has 0 aliphatic carbocycles. The van der Waals surface area contributed by atoms with E-state index in [0.717, 1.165) is 6.21 Å². The molecule has 1 aromatic rings. The first-order valence-corrected chi connectivity index (χ1v) is 3.82. The highest BCUT2D eigenvalue weighted by Gasteiger charge is 1.97. The number of oxime groups is 1. The van der Waals surface area contributed by atoms with Crippen LogP contribution in [0.25, 0.3) is 0 Å². The van der Waals surface area contributed by atoms with Crippen LogP contribution >= 0.6 is 0 Å². The zero-order chi connectivity index (χ0) is 10.4. The Morgan fingerprint density at radius 3 is 2.93 bits per heavy atom. The molecule has 1 N–H and O–H groups in total. The summed E-state index contributed by atoms with van der Waals surface area (Å²) in [5.41, 5.74) is 0.248. The molecule has 0 aliphatic rings. The lowest BCUT2D eigenvalue weighted by atomic mass is 10.2. The lowest BCUT2D eigenvalue weighted by molar-refractivity contribution is -0.142. The molecule has 0 saturated heterocycles. The van der Waals surface area contributed by atoms with Crippen molar-refractivity contribution in [3.05, 3.63) is 35.6 Å². The molecular formula is C9H8FNO3. The number of carbonyl (C=O) groups is 1. The molecule has 0 spiro atoms. The van der Waals surface area contributed by atoms with Crippen molar-refractivity contribution >= 4 is 12.2 Å². The highest BCUT2D eigenvalue weighted by Crippen LogP contribution is 2.02. The van der Waals surface area contributed by atoms with Crippen molar-refractivity contribution in [2.45, 2.75) is 0 Å². The minimum Gasteiger partial charge on any atom is -0.479 e. The van der Waals surface area contributed by atoms with E-state index in [4.69, 9.17) is 5.11 Å². The van der Waals surface area contributed by atoms with E-state index in [0.29, 0.717) is 0 Å². The fraction of sp³-hybridized carbons (Fsp3) is 0.111. The molecule has 0 heterocycles. The third-order valence-corrected chi connectivity index (χ3v) is 1.36. The van der Waals surface area contributed by atoms with Gasteiger partial charge in [-0.3, -0.25) is 0 Å². The normalized spacial score (nSPS) is 10.4. The van der Waals surface area contributed by atoms with E-state index < -0.39 is 18.4 Å². The van der Waals surface area contributed by atoms with Crippen LogP contribution in [0.2, 0.25) is 0 Å². The van der Waals surface area contributed by atoms with Crippen molar-refractivity contribution in [3.63, 3.8) is 0 Å². The average Bonchev–Trinajstić information content (AvgIpc) is 2.15. The second kappa shape index (κ2) is 4.96. The fourth-order valence-electron chi connectivity index (χ4n) is 0.766. The summed E-state index contributed by atoms with van der Waals surface area (Å²) in [6, 6.07) is 5.97. The van der Waals surface area contributed by atoms with E-state index in [9.17, 15) is 9.18 Å². The van der Waals surface area contributed by atoms with Gasteiger partial charge in [0, 0.05) is 5.56 Å². The minimum absolute atomic E-state index is 0.248. The summed E-state index contributed by atoms with van der Waals surface area (Å²) in [5.74, 6) is -1.56. The molecule has 14 heavy (non-hydrogen) atoms. The molecule has 0 atom stereocenters. The first-order chi connectivity index (χ1) is 6.70. The summed E-state index contributed by atoms with van der Waals surface area (Å²) in [5, 5.41) is 11.5. The van der Waals surface area contributed by atoms with Gasteiger partial charge in [-0.15, -0.1) is 0 Å². The lowest BCUT2D eigenvalue weighted by Crippen LogP contribution is -2.03. The number of carboxylic acid groups (broad SMARTS) is 1. The van der Waals surface area contributed by atoms with Crippen molar-refractivity contribution < 1.29 is 19.1 Å². The second-order valence-electron chi connectivity index (χ2n) is 2.42. The number of hydrogen-bond acceptors (Lipinski definition) is 3. The molecular weight excluding hydrogens is 189 g/mol. The van der Waals surface area contributed by atoms with Crippen LogP contribution in [-0.4, -0.2) is 23.9 Å². The first-order valence-electron chi connectivity index (χ1n) is 3.82. The Morgan fingerprint density at radius 2 is 2.29 bits per heavy atom. The number of nitrogens with zero attached hydrogens (tertiary/aromatic N) is 1. The number of rotatable bonds is 4. The van der Waals surface area contributed by atoms with E-state index >= 15 is 0 Å². The average molecular weight is 197 g/mol. The maximum Gasteiger partial charge on any atom is 0.344 e. The van der Waals surface area contributed by atoms with Gasteiger partial charge in [0.25, 0.3) is 0 Å². The van der Waals surface area contributed by atoms with Gasteiger partial charge in [-0.05, 0) is 6.07 Å². The molecule has 0 bridgehead atoms. The van der Waals surface area contributed by atoms with Gasteiger partial charge >= 0.3 is 5.97 Å². The Bertz CT molecular complexity index is 352. The van der Waals surface area contributed by atoms with Crippen LogP contribution in [0.4, 0.5) is 4.39 Å². The number of benzene rings is 1. The quantitative estimate of drug-likeness (QED) is 0.584. The number of hydrogen-bond donors (Lipinski definition) is 1. The van der Waals surface area contributed by atoms with Crippen molar-refractivity contribution in [1.82, 2.24) is 0 Å². The highest BCUT2D eigenvalue weighted by molar-refractivity contribution is 5.79. The van der Waals surface area contributed by atoms with Gasteiger partial charge in [0.1, 0.15) is 5.82 Å². The molecule has 0 aromatic heterocycles. The zero-order valence-electron chi connectivity index (χ0n) is 7.18. The highest BCUT2D eigenvalue weighted by atomic mass is 19.1. The van der Waals surface area contributed by atoms with E-state index in [-0.39, 0.29) is 5.56 Å². The van der Waals surface area contributed by atoms with Crippen molar-refractivity contribution in [1.29, 1.82) is 0 Å². The predicted molar refractivity (Wildman–Crippen MR) is 47.6 cm³/mol. The van der Waals surface area contributed by atoms with Gasteiger partial charge in [-0.25, -0.2) is 9.18 Å². The predicted octanol–water partition coefficient (Wildman–Crippen LogP) is 1.26. The number of halogens is 1. The molecule has 0 unspecified atom stereocenters. The van der Waals surface area contributed by atoms with Crippen molar-refractivity contribution in [2.24, 2.45) is 5.16 Å². The van der Waals surface area contributed by atoms with Crippen molar-refractivity contribution in [3.8, 4) is 0 Å². The van der Waals surface area contributed by atoms with E-state index in [2.05, 4.69) is 9.99 Å². The molecule has 0 aliphatic heterocycles. The van der Waals surface area contributed by atoms with Gasteiger partial charge in [0.05, 0.1) is 6.21 Å².